The Morgan fingerprint density at radius 2 is 2.00 bits per heavy atom. The highest BCUT2D eigenvalue weighted by molar-refractivity contribution is 4.83. The minimum atomic E-state index is -0.142. The highest BCUT2D eigenvalue weighted by Crippen LogP contribution is 2.40. The van der Waals surface area contributed by atoms with E-state index < -0.39 is 0 Å². The smallest absolute Gasteiger partial charge is 0.168 e. The zero-order valence-corrected chi connectivity index (χ0v) is 9.26. The molecule has 1 saturated carbocycles. The minimum Gasteiger partial charge on any atom is -0.347 e. The van der Waals surface area contributed by atoms with Crippen LogP contribution < -0.4 is 0 Å². The van der Waals surface area contributed by atoms with Crippen molar-refractivity contribution in [1.29, 1.82) is 0 Å². The fourth-order valence-corrected chi connectivity index (χ4v) is 2.56. The van der Waals surface area contributed by atoms with Gasteiger partial charge in [0.05, 0.1) is 12.7 Å². The van der Waals surface area contributed by atoms with Gasteiger partial charge in [-0.2, -0.15) is 0 Å². The second kappa shape index (κ2) is 4.63. The minimum absolute atomic E-state index is 0.142. The van der Waals surface area contributed by atoms with Crippen molar-refractivity contribution in [3.05, 3.63) is 0 Å². The van der Waals surface area contributed by atoms with Crippen LogP contribution in [0, 0.1) is 0 Å². The van der Waals surface area contributed by atoms with Gasteiger partial charge in [0.2, 0.25) is 0 Å². The van der Waals surface area contributed by atoms with Crippen molar-refractivity contribution in [3.8, 4) is 0 Å². The van der Waals surface area contributed by atoms with Gasteiger partial charge in [-0.3, -0.25) is 0 Å². The van der Waals surface area contributed by atoms with E-state index in [4.69, 9.17) is 9.47 Å². The number of ether oxygens (including phenoxy) is 2. The average Bonchev–Trinajstić information content (AvgIpc) is 2.79. The van der Waals surface area contributed by atoms with Crippen LogP contribution in [0.5, 0.6) is 0 Å². The monoisotopic (exact) mass is 198 g/mol. The molecule has 0 N–H and O–H groups in total. The molecule has 82 valence electrons. The first-order valence-electron chi connectivity index (χ1n) is 6.16. The van der Waals surface area contributed by atoms with E-state index in [1.165, 1.54) is 38.5 Å². The fourth-order valence-electron chi connectivity index (χ4n) is 2.56. The molecule has 0 aromatic rings. The van der Waals surface area contributed by atoms with Crippen molar-refractivity contribution in [2.75, 3.05) is 6.61 Å². The molecule has 14 heavy (non-hydrogen) atoms. The zero-order valence-electron chi connectivity index (χ0n) is 9.26. The van der Waals surface area contributed by atoms with Crippen LogP contribution in [0.25, 0.3) is 0 Å². The molecule has 2 fully saturated rings. The highest BCUT2D eigenvalue weighted by atomic mass is 16.7. The van der Waals surface area contributed by atoms with Crippen molar-refractivity contribution in [2.24, 2.45) is 0 Å². The third-order valence-electron chi connectivity index (χ3n) is 3.41. The number of hydrogen-bond donors (Lipinski definition) is 0. The van der Waals surface area contributed by atoms with Crippen LogP contribution in [-0.2, 0) is 9.47 Å². The maximum atomic E-state index is 6.03. The third-order valence-corrected chi connectivity index (χ3v) is 3.41. The Kier molecular flexibility index (Phi) is 3.45. The van der Waals surface area contributed by atoms with Gasteiger partial charge in [0.1, 0.15) is 0 Å². The van der Waals surface area contributed by atoms with E-state index in [-0.39, 0.29) is 5.79 Å². The lowest BCUT2D eigenvalue weighted by Crippen LogP contribution is -2.26. The normalized spacial score (nSPS) is 30.2. The highest BCUT2D eigenvalue weighted by Gasteiger charge is 2.43. The maximum absolute atomic E-state index is 6.03. The summed E-state index contributed by atoms with van der Waals surface area (Å²) in [5.74, 6) is -0.142. The summed E-state index contributed by atoms with van der Waals surface area (Å²) in [6.45, 7) is 3.08. The second-order valence-corrected chi connectivity index (χ2v) is 4.66. The molecule has 1 aliphatic carbocycles. The lowest BCUT2D eigenvalue weighted by molar-refractivity contribution is -0.162. The molecule has 1 spiro atoms. The fraction of sp³-hybridized carbons (Fsp3) is 1.00. The summed E-state index contributed by atoms with van der Waals surface area (Å²) in [5.41, 5.74) is 0. The average molecular weight is 198 g/mol. The summed E-state index contributed by atoms with van der Waals surface area (Å²) in [5, 5.41) is 0. The largest absolute Gasteiger partial charge is 0.347 e. The predicted molar refractivity (Wildman–Crippen MR) is 56.2 cm³/mol. The molecule has 1 heterocycles. The summed E-state index contributed by atoms with van der Waals surface area (Å²) >= 11 is 0. The van der Waals surface area contributed by atoms with Crippen LogP contribution in [0.4, 0.5) is 0 Å². The first-order valence-corrected chi connectivity index (χ1v) is 6.16. The van der Waals surface area contributed by atoms with Crippen molar-refractivity contribution < 1.29 is 9.47 Å². The van der Waals surface area contributed by atoms with Gasteiger partial charge in [-0.25, -0.2) is 0 Å². The molecule has 2 rings (SSSR count). The summed E-state index contributed by atoms with van der Waals surface area (Å²) in [7, 11) is 0. The standard InChI is InChI=1S/C12H22O2/c1-2-3-4-7-11-10-13-12(14-11)8-5-6-9-12/h11H,2-10H2,1H3. The van der Waals surface area contributed by atoms with Gasteiger partial charge >= 0.3 is 0 Å². The van der Waals surface area contributed by atoms with E-state index in [9.17, 15) is 0 Å². The van der Waals surface area contributed by atoms with Gasteiger partial charge < -0.3 is 9.47 Å². The third kappa shape index (κ3) is 2.29. The number of hydrogen-bond acceptors (Lipinski definition) is 2. The van der Waals surface area contributed by atoms with Gasteiger partial charge in [-0.15, -0.1) is 0 Å². The topological polar surface area (TPSA) is 18.5 Å². The van der Waals surface area contributed by atoms with Crippen LogP contribution in [0.1, 0.15) is 58.3 Å². The molecule has 0 aromatic carbocycles. The quantitative estimate of drug-likeness (QED) is 0.645. The number of rotatable bonds is 4. The Bertz CT molecular complexity index is 173. The van der Waals surface area contributed by atoms with Gasteiger partial charge in [0.25, 0.3) is 0 Å². The molecule has 0 aromatic heterocycles. The second-order valence-electron chi connectivity index (χ2n) is 4.66. The maximum Gasteiger partial charge on any atom is 0.168 e. The Labute approximate surface area is 87.0 Å². The number of unbranched alkanes of at least 4 members (excludes halogenated alkanes) is 2. The summed E-state index contributed by atoms with van der Waals surface area (Å²) in [4.78, 5) is 0. The molecule has 2 aliphatic rings. The van der Waals surface area contributed by atoms with E-state index in [2.05, 4.69) is 6.92 Å². The molecular formula is C12H22O2. The van der Waals surface area contributed by atoms with Gasteiger partial charge in [0, 0.05) is 12.8 Å². The molecule has 0 radical (unpaired) electrons. The van der Waals surface area contributed by atoms with E-state index in [0.29, 0.717) is 6.10 Å². The Morgan fingerprint density at radius 1 is 1.21 bits per heavy atom. The predicted octanol–water partition coefficient (Wildman–Crippen LogP) is 3.25. The molecule has 1 unspecified atom stereocenters. The van der Waals surface area contributed by atoms with Gasteiger partial charge in [-0.05, 0) is 19.3 Å². The lowest BCUT2D eigenvalue weighted by Gasteiger charge is -2.21. The van der Waals surface area contributed by atoms with E-state index >= 15 is 0 Å². The lowest BCUT2D eigenvalue weighted by atomic mass is 10.1. The zero-order chi connectivity index (χ0) is 9.86. The van der Waals surface area contributed by atoms with Crippen LogP contribution >= 0.6 is 0 Å². The van der Waals surface area contributed by atoms with E-state index in [0.717, 1.165) is 19.4 Å². The molecule has 1 atom stereocenters. The first-order chi connectivity index (χ1) is 6.85. The summed E-state index contributed by atoms with van der Waals surface area (Å²) in [6, 6.07) is 0. The van der Waals surface area contributed by atoms with Gasteiger partial charge in [0.15, 0.2) is 5.79 Å². The molecule has 0 bridgehead atoms. The molecule has 0 amide bonds. The molecule has 1 aliphatic heterocycles. The van der Waals surface area contributed by atoms with Crippen molar-refractivity contribution in [1.82, 2.24) is 0 Å². The van der Waals surface area contributed by atoms with E-state index in [1.807, 2.05) is 0 Å². The van der Waals surface area contributed by atoms with Crippen LogP contribution in [0.3, 0.4) is 0 Å². The van der Waals surface area contributed by atoms with Crippen molar-refractivity contribution in [2.45, 2.75) is 70.2 Å². The van der Waals surface area contributed by atoms with Gasteiger partial charge in [-0.1, -0.05) is 26.2 Å². The van der Waals surface area contributed by atoms with E-state index in [1.54, 1.807) is 0 Å². The SMILES string of the molecule is CCCCCC1COC2(CCCC2)O1. The first kappa shape index (κ1) is 10.4. The Balaban J connectivity index is 1.71. The van der Waals surface area contributed by atoms with Crippen molar-refractivity contribution >= 4 is 0 Å². The summed E-state index contributed by atoms with van der Waals surface area (Å²) in [6.07, 6.45) is 10.3. The summed E-state index contributed by atoms with van der Waals surface area (Å²) < 4.78 is 11.9. The molecule has 2 heteroatoms. The van der Waals surface area contributed by atoms with Crippen molar-refractivity contribution in [3.63, 3.8) is 0 Å². The van der Waals surface area contributed by atoms with Crippen LogP contribution in [0.15, 0.2) is 0 Å². The molecule has 1 saturated heterocycles. The molecular weight excluding hydrogens is 176 g/mol. The van der Waals surface area contributed by atoms with Crippen LogP contribution in [0.2, 0.25) is 0 Å². The van der Waals surface area contributed by atoms with Crippen LogP contribution in [-0.4, -0.2) is 18.5 Å². The Hall–Kier alpha value is -0.0800. The Morgan fingerprint density at radius 3 is 2.71 bits per heavy atom. The molecule has 2 nitrogen and oxygen atoms in total.